The highest BCUT2D eigenvalue weighted by molar-refractivity contribution is 7.80. The molecule has 0 bridgehead atoms. The molecule has 0 radical (unpaired) electrons. The van der Waals surface area contributed by atoms with Crippen LogP contribution in [0.5, 0.6) is 11.5 Å². The highest BCUT2D eigenvalue weighted by Crippen LogP contribution is 2.29. The fourth-order valence-electron chi connectivity index (χ4n) is 2.38. The Bertz CT molecular complexity index is 457. The Morgan fingerprint density at radius 2 is 1.80 bits per heavy atom. The van der Waals surface area contributed by atoms with E-state index in [2.05, 4.69) is 10.2 Å². The number of likely N-dealkylation sites (tertiary alicyclic amines) is 1. The van der Waals surface area contributed by atoms with Crippen LogP contribution in [0.4, 0.5) is 5.69 Å². The van der Waals surface area contributed by atoms with Crippen molar-refractivity contribution in [3.8, 4) is 11.5 Å². The van der Waals surface area contributed by atoms with E-state index in [1.807, 2.05) is 18.2 Å². The topological polar surface area (TPSA) is 33.7 Å². The molecule has 0 amide bonds. The van der Waals surface area contributed by atoms with Gasteiger partial charge in [0.05, 0.1) is 19.9 Å². The predicted molar refractivity (Wildman–Crippen MR) is 85.8 cm³/mol. The molecule has 1 aromatic rings. The van der Waals surface area contributed by atoms with Gasteiger partial charge in [-0.1, -0.05) is 12.8 Å². The summed E-state index contributed by atoms with van der Waals surface area (Å²) in [7, 11) is 3.31. The standard InChI is InChI=1S/C15H22N2O2S/c1-18-12-7-8-14(19-2)13(11-12)16-15(20)17-9-5-3-4-6-10-17/h7-8,11H,3-6,9-10H2,1-2H3,(H,16,20). The molecule has 0 spiro atoms. The highest BCUT2D eigenvalue weighted by atomic mass is 32.1. The summed E-state index contributed by atoms with van der Waals surface area (Å²) in [5.41, 5.74) is 0.848. The largest absolute Gasteiger partial charge is 0.497 e. The molecule has 110 valence electrons. The Morgan fingerprint density at radius 1 is 1.10 bits per heavy atom. The van der Waals surface area contributed by atoms with E-state index in [-0.39, 0.29) is 0 Å². The van der Waals surface area contributed by atoms with Crippen LogP contribution in [0.2, 0.25) is 0 Å². The van der Waals surface area contributed by atoms with Crippen molar-refractivity contribution in [1.29, 1.82) is 0 Å². The highest BCUT2D eigenvalue weighted by Gasteiger charge is 2.14. The van der Waals surface area contributed by atoms with Crippen molar-refractivity contribution in [2.24, 2.45) is 0 Å². The van der Waals surface area contributed by atoms with Crippen LogP contribution in [0.1, 0.15) is 25.7 Å². The van der Waals surface area contributed by atoms with Crippen LogP contribution in [0, 0.1) is 0 Å². The number of benzene rings is 1. The summed E-state index contributed by atoms with van der Waals surface area (Å²) in [6.45, 7) is 2.05. The van der Waals surface area contributed by atoms with Crippen LogP contribution in [0.3, 0.4) is 0 Å². The Labute approximate surface area is 126 Å². The van der Waals surface area contributed by atoms with Crippen LogP contribution in [0.15, 0.2) is 18.2 Å². The molecule has 0 saturated carbocycles. The fraction of sp³-hybridized carbons (Fsp3) is 0.533. The second-order valence-electron chi connectivity index (χ2n) is 4.90. The predicted octanol–water partition coefficient (Wildman–Crippen LogP) is 3.28. The summed E-state index contributed by atoms with van der Waals surface area (Å²) >= 11 is 5.52. The quantitative estimate of drug-likeness (QED) is 0.865. The Balaban J connectivity index is 2.09. The number of hydrogen-bond acceptors (Lipinski definition) is 3. The molecule has 1 aromatic carbocycles. The lowest BCUT2D eigenvalue weighted by Crippen LogP contribution is -2.35. The SMILES string of the molecule is COc1ccc(OC)c(NC(=S)N2CCCCCC2)c1. The first-order valence-corrected chi connectivity index (χ1v) is 7.43. The third-order valence-corrected chi connectivity index (χ3v) is 3.90. The van der Waals surface area contributed by atoms with Crippen molar-refractivity contribution in [2.75, 3.05) is 32.6 Å². The lowest BCUT2D eigenvalue weighted by atomic mass is 10.2. The van der Waals surface area contributed by atoms with Crippen LogP contribution in [-0.4, -0.2) is 37.3 Å². The van der Waals surface area contributed by atoms with E-state index in [1.165, 1.54) is 25.7 Å². The summed E-state index contributed by atoms with van der Waals surface area (Å²) in [6.07, 6.45) is 5.00. The third kappa shape index (κ3) is 3.76. The van der Waals surface area contributed by atoms with Gasteiger partial charge in [0.2, 0.25) is 0 Å². The van der Waals surface area contributed by atoms with Gasteiger partial charge in [-0.15, -0.1) is 0 Å². The molecule has 5 heteroatoms. The Hall–Kier alpha value is -1.49. The number of thiocarbonyl (C=S) groups is 1. The van der Waals surface area contributed by atoms with Crippen molar-refractivity contribution in [3.05, 3.63) is 18.2 Å². The van der Waals surface area contributed by atoms with Gasteiger partial charge in [-0.05, 0) is 37.2 Å². The normalized spacial score (nSPS) is 15.4. The van der Waals surface area contributed by atoms with Gasteiger partial charge in [-0.2, -0.15) is 0 Å². The van der Waals surface area contributed by atoms with Gasteiger partial charge < -0.3 is 19.7 Å². The molecule has 20 heavy (non-hydrogen) atoms. The van der Waals surface area contributed by atoms with Gasteiger partial charge in [-0.3, -0.25) is 0 Å². The molecular weight excluding hydrogens is 272 g/mol. The summed E-state index contributed by atoms with van der Waals surface area (Å²) in [5.74, 6) is 1.55. The van der Waals surface area contributed by atoms with Gasteiger partial charge in [-0.25, -0.2) is 0 Å². The van der Waals surface area contributed by atoms with E-state index in [0.717, 1.165) is 35.4 Å². The number of ether oxygens (including phenoxy) is 2. The van der Waals surface area contributed by atoms with Gasteiger partial charge in [0, 0.05) is 19.2 Å². The molecule has 1 heterocycles. The third-order valence-electron chi connectivity index (χ3n) is 3.54. The maximum absolute atomic E-state index is 5.52. The maximum Gasteiger partial charge on any atom is 0.173 e. The monoisotopic (exact) mass is 294 g/mol. The van der Waals surface area contributed by atoms with E-state index in [9.17, 15) is 0 Å². The second kappa shape index (κ2) is 7.33. The fourth-order valence-corrected chi connectivity index (χ4v) is 2.67. The second-order valence-corrected chi connectivity index (χ2v) is 5.28. The molecule has 4 nitrogen and oxygen atoms in total. The average molecular weight is 294 g/mol. The minimum Gasteiger partial charge on any atom is -0.497 e. The summed E-state index contributed by atoms with van der Waals surface area (Å²) in [4.78, 5) is 2.24. The van der Waals surface area contributed by atoms with Crippen molar-refractivity contribution in [3.63, 3.8) is 0 Å². The van der Waals surface area contributed by atoms with Gasteiger partial charge in [0.25, 0.3) is 0 Å². The van der Waals surface area contributed by atoms with Gasteiger partial charge >= 0.3 is 0 Å². The summed E-state index contributed by atoms with van der Waals surface area (Å²) < 4.78 is 10.6. The number of methoxy groups -OCH3 is 2. The zero-order chi connectivity index (χ0) is 14.4. The van der Waals surface area contributed by atoms with Crippen molar-refractivity contribution in [2.45, 2.75) is 25.7 Å². The van der Waals surface area contributed by atoms with E-state index >= 15 is 0 Å². The van der Waals surface area contributed by atoms with Crippen molar-refractivity contribution >= 4 is 23.0 Å². The molecule has 1 N–H and O–H groups in total. The minimum absolute atomic E-state index is 0.762. The maximum atomic E-state index is 5.52. The zero-order valence-corrected chi connectivity index (χ0v) is 13.0. The lowest BCUT2D eigenvalue weighted by molar-refractivity contribution is 0.404. The van der Waals surface area contributed by atoms with Crippen LogP contribution < -0.4 is 14.8 Å². The van der Waals surface area contributed by atoms with Crippen molar-refractivity contribution < 1.29 is 9.47 Å². The first-order chi connectivity index (χ1) is 9.74. The number of nitrogens with one attached hydrogen (secondary N) is 1. The number of nitrogens with zero attached hydrogens (tertiary/aromatic N) is 1. The molecule has 0 aromatic heterocycles. The first kappa shape index (κ1) is 14.9. The molecule has 1 saturated heterocycles. The Morgan fingerprint density at radius 3 is 2.40 bits per heavy atom. The molecule has 0 aliphatic carbocycles. The molecule has 1 aliphatic rings. The molecule has 0 unspecified atom stereocenters. The Kier molecular flexibility index (Phi) is 5.47. The lowest BCUT2D eigenvalue weighted by Gasteiger charge is -2.24. The van der Waals surface area contributed by atoms with E-state index in [0.29, 0.717) is 0 Å². The van der Waals surface area contributed by atoms with Crippen molar-refractivity contribution in [1.82, 2.24) is 4.90 Å². The number of hydrogen-bond donors (Lipinski definition) is 1. The molecule has 1 fully saturated rings. The van der Waals surface area contributed by atoms with Gasteiger partial charge in [0.15, 0.2) is 5.11 Å². The molecule has 0 atom stereocenters. The summed E-state index contributed by atoms with van der Waals surface area (Å²) in [6, 6.07) is 5.66. The van der Waals surface area contributed by atoms with Crippen LogP contribution in [-0.2, 0) is 0 Å². The molecule has 1 aliphatic heterocycles. The van der Waals surface area contributed by atoms with Crippen LogP contribution in [0.25, 0.3) is 0 Å². The smallest absolute Gasteiger partial charge is 0.173 e. The molecule has 2 rings (SSSR count). The first-order valence-electron chi connectivity index (χ1n) is 7.02. The number of anilines is 1. The van der Waals surface area contributed by atoms with Crippen LogP contribution >= 0.6 is 12.2 Å². The van der Waals surface area contributed by atoms with E-state index < -0.39 is 0 Å². The summed E-state index contributed by atoms with van der Waals surface area (Å²) in [5, 5.41) is 4.05. The average Bonchev–Trinajstić information content (AvgIpc) is 2.76. The van der Waals surface area contributed by atoms with E-state index in [4.69, 9.17) is 21.7 Å². The van der Waals surface area contributed by atoms with Gasteiger partial charge in [0.1, 0.15) is 11.5 Å². The molecular formula is C15H22N2O2S. The minimum atomic E-state index is 0.762. The number of rotatable bonds is 3. The van der Waals surface area contributed by atoms with E-state index in [1.54, 1.807) is 14.2 Å². The zero-order valence-electron chi connectivity index (χ0n) is 12.1.